The number of benzene rings is 1. The van der Waals surface area contributed by atoms with Gasteiger partial charge in [0.2, 0.25) is 0 Å². The van der Waals surface area contributed by atoms with Crippen molar-refractivity contribution in [3.8, 4) is 0 Å². The first kappa shape index (κ1) is 16.5. The zero-order chi connectivity index (χ0) is 14.3. The van der Waals surface area contributed by atoms with Crippen LogP contribution in [0.3, 0.4) is 0 Å². The van der Waals surface area contributed by atoms with Crippen molar-refractivity contribution in [3.63, 3.8) is 0 Å². The molecule has 0 saturated carbocycles. The first-order chi connectivity index (χ1) is 9.00. The lowest BCUT2D eigenvalue weighted by Gasteiger charge is -2.08. The van der Waals surface area contributed by atoms with Crippen LogP contribution in [-0.4, -0.2) is 25.7 Å². The standard InChI is InChI=1S/C14H19BrClNO2/c1-10(2)5-7-19-8-6-17-14(18)11-3-4-12(15)13(16)9-11/h3-4,9-10H,5-8H2,1-2H3,(H,17,18). The van der Waals surface area contributed by atoms with Crippen molar-refractivity contribution >= 4 is 33.4 Å². The summed E-state index contributed by atoms with van der Waals surface area (Å²) in [5.41, 5.74) is 0.551. The van der Waals surface area contributed by atoms with Crippen molar-refractivity contribution in [3.05, 3.63) is 33.3 Å². The van der Waals surface area contributed by atoms with Gasteiger partial charge in [0, 0.05) is 23.2 Å². The van der Waals surface area contributed by atoms with E-state index in [4.69, 9.17) is 16.3 Å². The van der Waals surface area contributed by atoms with Crippen molar-refractivity contribution < 1.29 is 9.53 Å². The van der Waals surface area contributed by atoms with Gasteiger partial charge in [0.15, 0.2) is 0 Å². The van der Waals surface area contributed by atoms with Crippen molar-refractivity contribution in [2.24, 2.45) is 5.92 Å². The van der Waals surface area contributed by atoms with E-state index in [0.717, 1.165) is 17.5 Å². The van der Waals surface area contributed by atoms with E-state index >= 15 is 0 Å². The Morgan fingerprint density at radius 3 is 2.79 bits per heavy atom. The van der Waals surface area contributed by atoms with Crippen molar-refractivity contribution in [2.45, 2.75) is 20.3 Å². The number of carbonyl (C=O) groups is 1. The zero-order valence-electron chi connectivity index (χ0n) is 11.2. The Balaban J connectivity index is 2.26. The van der Waals surface area contributed by atoms with Gasteiger partial charge < -0.3 is 10.1 Å². The fraction of sp³-hybridized carbons (Fsp3) is 0.500. The summed E-state index contributed by atoms with van der Waals surface area (Å²) in [6, 6.07) is 5.13. The lowest BCUT2D eigenvalue weighted by Crippen LogP contribution is -2.27. The Bertz CT molecular complexity index is 424. The van der Waals surface area contributed by atoms with Gasteiger partial charge >= 0.3 is 0 Å². The largest absolute Gasteiger partial charge is 0.380 e. The average molecular weight is 349 g/mol. The molecule has 1 amide bonds. The van der Waals surface area contributed by atoms with E-state index in [1.165, 1.54) is 0 Å². The molecule has 0 fully saturated rings. The van der Waals surface area contributed by atoms with Gasteiger partial charge in [-0.1, -0.05) is 25.4 Å². The molecular formula is C14H19BrClNO2. The second kappa shape index (κ2) is 8.56. The van der Waals surface area contributed by atoms with Gasteiger partial charge in [-0.2, -0.15) is 0 Å². The molecule has 0 radical (unpaired) electrons. The Morgan fingerprint density at radius 1 is 1.42 bits per heavy atom. The van der Waals surface area contributed by atoms with Crippen LogP contribution in [0.15, 0.2) is 22.7 Å². The van der Waals surface area contributed by atoms with Crippen LogP contribution in [0, 0.1) is 5.92 Å². The summed E-state index contributed by atoms with van der Waals surface area (Å²) in [6.07, 6.45) is 1.04. The van der Waals surface area contributed by atoms with E-state index in [2.05, 4.69) is 35.1 Å². The van der Waals surface area contributed by atoms with E-state index in [1.807, 2.05) is 0 Å². The Hall–Kier alpha value is -0.580. The Labute approximate surface area is 127 Å². The fourth-order valence-electron chi connectivity index (χ4n) is 1.40. The van der Waals surface area contributed by atoms with E-state index in [9.17, 15) is 4.79 Å². The van der Waals surface area contributed by atoms with E-state index in [-0.39, 0.29) is 5.91 Å². The maximum Gasteiger partial charge on any atom is 0.251 e. The highest BCUT2D eigenvalue weighted by Gasteiger charge is 2.07. The lowest BCUT2D eigenvalue weighted by atomic mass is 10.1. The monoisotopic (exact) mass is 347 g/mol. The predicted octanol–water partition coefficient (Wildman–Crippen LogP) is 3.90. The molecule has 1 aromatic rings. The quantitative estimate of drug-likeness (QED) is 0.759. The molecule has 0 bridgehead atoms. The van der Waals surface area contributed by atoms with Gasteiger partial charge in [-0.15, -0.1) is 0 Å². The summed E-state index contributed by atoms with van der Waals surface area (Å²) in [6.45, 7) is 6.08. The molecule has 19 heavy (non-hydrogen) atoms. The summed E-state index contributed by atoms with van der Waals surface area (Å²) in [5.74, 6) is 0.501. The zero-order valence-corrected chi connectivity index (χ0v) is 13.6. The Morgan fingerprint density at radius 2 is 2.16 bits per heavy atom. The first-order valence-corrected chi connectivity index (χ1v) is 7.48. The Kier molecular flexibility index (Phi) is 7.42. The molecule has 0 atom stereocenters. The van der Waals surface area contributed by atoms with E-state index < -0.39 is 0 Å². The van der Waals surface area contributed by atoms with Gasteiger partial charge in [-0.3, -0.25) is 4.79 Å². The van der Waals surface area contributed by atoms with Gasteiger partial charge in [-0.25, -0.2) is 0 Å². The molecule has 0 heterocycles. The van der Waals surface area contributed by atoms with Crippen LogP contribution < -0.4 is 5.32 Å². The average Bonchev–Trinajstić information content (AvgIpc) is 2.36. The minimum Gasteiger partial charge on any atom is -0.380 e. The van der Waals surface area contributed by atoms with Crippen LogP contribution in [0.1, 0.15) is 30.6 Å². The minimum absolute atomic E-state index is 0.137. The fourth-order valence-corrected chi connectivity index (χ4v) is 1.82. The number of hydrogen-bond acceptors (Lipinski definition) is 2. The van der Waals surface area contributed by atoms with Gasteiger partial charge in [0.25, 0.3) is 5.91 Å². The summed E-state index contributed by atoms with van der Waals surface area (Å²) < 4.78 is 6.21. The van der Waals surface area contributed by atoms with E-state index in [0.29, 0.717) is 29.7 Å². The van der Waals surface area contributed by atoms with Gasteiger partial charge in [0.1, 0.15) is 0 Å². The maximum atomic E-state index is 11.8. The van der Waals surface area contributed by atoms with Crippen LogP contribution in [0.5, 0.6) is 0 Å². The number of rotatable bonds is 7. The molecule has 0 spiro atoms. The second-order valence-electron chi connectivity index (χ2n) is 4.68. The first-order valence-electron chi connectivity index (χ1n) is 6.31. The minimum atomic E-state index is -0.137. The highest BCUT2D eigenvalue weighted by atomic mass is 79.9. The maximum absolute atomic E-state index is 11.8. The molecule has 0 aliphatic carbocycles. The summed E-state index contributed by atoms with van der Waals surface area (Å²) in [4.78, 5) is 11.8. The molecule has 1 N–H and O–H groups in total. The molecule has 0 aliphatic heterocycles. The van der Waals surface area contributed by atoms with Crippen molar-refractivity contribution in [1.82, 2.24) is 5.32 Å². The number of carbonyl (C=O) groups excluding carboxylic acids is 1. The van der Waals surface area contributed by atoms with Crippen LogP contribution in [0.25, 0.3) is 0 Å². The molecule has 1 rings (SSSR count). The second-order valence-corrected chi connectivity index (χ2v) is 5.94. The smallest absolute Gasteiger partial charge is 0.251 e. The van der Waals surface area contributed by atoms with Crippen LogP contribution in [-0.2, 0) is 4.74 Å². The molecule has 0 aliphatic rings. The highest BCUT2D eigenvalue weighted by Crippen LogP contribution is 2.22. The molecule has 0 aromatic heterocycles. The van der Waals surface area contributed by atoms with Gasteiger partial charge in [-0.05, 0) is 46.5 Å². The highest BCUT2D eigenvalue weighted by molar-refractivity contribution is 9.10. The van der Waals surface area contributed by atoms with Crippen LogP contribution in [0.4, 0.5) is 0 Å². The number of nitrogens with one attached hydrogen (secondary N) is 1. The molecule has 3 nitrogen and oxygen atoms in total. The number of hydrogen-bond donors (Lipinski definition) is 1. The van der Waals surface area contributed by atoms with Crippen LogP contribution >= 0.6 is 27.5 Å². The third-order valence-corrected chi connectivity index (χ3v) is 3.79. The van der Waals surface area contributed by atoms with Crippen molar-refractivity contribution in [2.75, 3.05) is 19.8 Å². The molecule has 106 valence electrons. The molecule has 0 unspecified atom stereocenters. The third-order valence-electron chi connectivity index (χ3n) is 2.55. The summed E-state index contributed by atoms with van der Waals surface area (Å²) in [5, 5.41) is 3.32. The SMILES string of the molecule is CC(C)CCOCCNC(=O)c1ccc(Br)c(Cl)c1. The van der Waals surface area contributed by atoms with E-state index in [1.54, 1.807) is 18.2 Å². The van der Waals surface area contributed by atoms with Gasteiger partial charge in [0.05, 0.1) is 11.6 Å². The normalized spacial score (nSPS) is 10.8. The summed E-state index contributed by atoms with van der Waals surface area (Å²) >= 11 is 9.23. The number of amides is 1. The predicted molar refractivity (Wildman–Crippen MR) is 81.8 cm³/mol. The third kappa shape index (κ3) is 6.41. The molecular weight excluding hydrogens is 330 g/mol. The topological polar surface area (TPSA) is 38.3 Å². The van der Waals surface area contributed by atoms with Crippen molar-refractivity contribution in [1.29, 1.82) is 0 Å². The molecule has 1 aromatic carbocycles. The number of halogens is 2. The van der Waals surface area contributed by atoms with Crippen LogP contribution in [0.2, 0.25) is 5.02 Å². The molecule has 5 heteroatoms. The molecule has 0 saturated heterocycles. The lowest BCUT2D eigenvalue weighted by molar-refractivity contribution is 0.0906. The summed E-state index contributed by atoms with van der Waals surface area (Å²) in [7, 11) is 0. The number of ether oxygens (including phenoxy) is 1.